The van der Waals surface area contributed by atoms with E-state index in [0.717, 1.165) is 5.56 Å². The fourth-order valence-corrected chi connectivity index (χ4v) is 2.53. The molecule has 0 saturated carbocycles. The van der Waals surface area contributed by atoms with E-state index in [4.69, 9.17) is 5.73 Å². The molecule has 2 aromatic carbocycles. The van der Waals surface area contributed by atoms with Gasteiger partial charge in [-0.1, -0.05) is 54.6 Å². The third kappa shape index (κ3) is 4.18. The van der Waals surface area contributed by atoms with Crippen molar-refractivity contribution in [3.63, 3.8) is 0 Å². The molecule has 0 bridgehead atoms. The van der Waals surface area contributed by atoms with Crippen LogP contribution in [0.3, 0.4) is 0 Å². The lowest BCUT2D eigenvalue weighted by atomic mass is 10.0. The molecule has 0 aliphatic carbocycles. The predicted octanol–water partition coefficient (Wildman–Crippen LogP) is 2.91. The molecular formula is C19H24N2O. The maximum Gasteiger partial charge on any atom is 0.240 e. The van der Waals surface area contributed by atoms with Crippen LogP contribution in [0.2, 0.25) is 0 Å². The summed E-state index contributed by atoms with van der Waals surface area (Å²) >= 11 is 0. The molecular weight excluding hydrogens is 272 g/mol. The zero-order valence-electron chi connectivity index (χ0n) is 13.3. The van der Waals surface area contributed by atoms with Gasteiger partial charge < -0.3 is 10.6 Å². The van der Waals surface area contributed by atoms with Gasteiger partial charge in [-0.3, -0.25) is 4.79 Å². The second kappa shape index (κ2) is 7.76. The van der Waals surface area contributed by atoms with E-state index in [9.17, 15) is 4.79 Å². The molecule has 3 nitrogen and oxygen atoms in total. The van der Waals surface area contributed by atoms with Crippen LogP contribution >= 0.6 is 0 Å². The molecule has 1 amide bonds. The lowest BCUT2D eigenvalue weighted by Crippen LogP contribution is -2.44. The summed E-state index contributed by atoms with van der Waals surface area (Å²) in [5.41, 5.74) is 9.59. The summed E-state index contributed by atoms with van der Waals surface area (Å²) in [6, 6.07) is 17.6. The van der Waals surface area contributed by atoms with E-state index >= 15 is 0 Å². The number of benzene rings is 2. The van der Waals surface area contributed by atoms with E-state index in [-0.39, 0.29) is 5.91 Å². The van der Waals surface area contributed by atoms with E-state index in [1.165, 1.54) is 11.1 Å². The van der Waals surface area contributed by atoms with Gasteiger partial charge in [0.2, 0.25) is 5.91 Å². The molecule has 0 fully saturated rings. The summed E-state index contributed by atoms with van der Waals surface area (Å²) in [6.45, 7) is 5.34. The van der Waals surface area contributed by atoms with Crippen LogP contribution in [0.5, 0.6) is 0 Å². The van der Waals surface area contributed by atoms with Crippen molar-refractivity contribution in [2.45, 2.75) is 32.9 Å². The van der Waals surface area contributed by atoms with E-state index in [2.05, 4.69) is 19.1 Å². The van der Waals surface area contributed by atoms with E-state index in [0.29, 0.717) is 19.5 Å². The Morgan fingerprint density at radius 3 is 2.36 bits per heavy atom. The molecule has 0 saturated heterocycles. The highest BCUT2D eigenvalue weighted by atomic mass is 16.2. The van der Waals surface area contributed by atoms with E-state index < -0.39 is 6.04 Å². The largest absolute Gasteiger partial charge is 0.337 e. The summed E-state index contributed by atoms with van der Waals surface area (Å²) in [6.07, 6.45) is 0.573. The summed E-state index contributed by atoms with van der Waals surface area (Å²) in [7, 11) is 0. The van der Waals surface area contributed by atoms with Gasteiger partial charge in [-0.2, -0.15) is 0 Å². The van der Waals surface area contributed by atoms with Crippen molar-refractivity contribution < 1.29 is 4.79 Å². The summed E-state index contributed by atoms with van der Waals surface area (Å²) in [5.74, 6) is 0.00889. The number of nitrogens with two attached hydrogens (primary N) is 1. The average Bonchev–Trinajstić information content (AvgIpc) is 2.54. The van der Waals surface area contributed by atoms with Crippen molar-refractivity contribution in [1.29, 1.82) is 0 Å². The molecule has 0 aliphatic rings. The number of likely N-dealkylation sites (N-methyl/N-ethyl adjacent to an activating group) is 1. The van der Waals surface area contributed by atoms with Gasteiger partial charge >= 0.3 is 0 Å². The first-order chi connectivity index (χ1) is 10.6. The molecule has 0 spiro atoms. The molecule has 0 heterocycles. The van der Waals surface area contributed by atoms with Gasteiger partial charge in [-0.05, 0) is 37.0 Å². The summed E-state index contributed by atoms with van der Waals surface area (Å²) < 4.78 is 0. The van der Waals surface area contributed by atoms with Crippen LogP contribution in [0.15, 0.2) is 54.6 Å². The van der Waals surface area contributed by atoms with Crippen LogP contribution in [0, 0.1) is 6.92 Å². The lowest BCUT2D eigenvalue weighted by Gasteiger charge is -2.25. The maximum atomic E-state index is 12.6. The van der Waals surface area contributed by atoms with Gasteiger partial charge in [0.15, 0.2) is 0 Å². The number of carbonyl (C=O) groups excluding carboxylic acids is 1. The Morgan fingerprint density at radius 1 is 1.09 bits per heavy atom. The van der Waals surface area contributed by atoms with E-state index in [1.54, 1.807) is 0 Å². The van der Waals surface area contributed by atoms with Crippen LogP contribution in [0.4, 0.5) is 0 Å². The lowest BCUT2D eigenvalue weighted by molar-refractivity contribution is -0.133. The van der Waals surface area contributed by atoms with Gasteiger partial charge in [0.1, 0.15) is 0 Å². The fourth-order valence-electron chi connectivity index (χ4n) is 2.53. The van der Waals surface area contributed by atoms with Gasteiger partial charge in [0, 0.05) is 13.1 Å². The number of rotatable bonds is 6. The number of amides is 1. The summed E-state index contributed by atoms with van der Waals surface area (Å²) in [5, 5.41) is 0. The molecule has 2 N–H and O–H groups in total. The van der Waals surface area contributed by atoms with Gasteiger partial charge in [-0.25, -0.2) is 0 Å². The van der Waals surface area contributed by atoms with Crippen molar-refractivity contribution in [3.05, 3.63) is 71.3 Å². The van der Waals surface area contributed by atoms with Crippen LogP contribution < -0.4 is 5.73 Å². The maximum absolute atomic E-state index is 12.6. The molecule has 22 heavy (non-hydrogen) atoms. The molecule has 2 aromatic rings. The van der Waals surface area contributed by atoms with Gasteiger partial charge in [0.05, 0.1) is 6.04 Å². The fraction of sp³-hybridized carbons (Fsp3) is 0.316. The first-order valence-electron chi connectivity index (χ1n) is 7.74. The SMILES string of the molecule is CCN(Cc1ccccc1C)C(=O)C(N)Cc1ccccc1. The molecule has 0 radical (unpaired) electrons. The van der Waals surface area contributed by atoms with Gasteiger partial charge in [0.25, 0.3) is 0 Å². The number of hydrogen-bond donors (Lipinski definition) is 1. The molecule has 0 aromatic heterocycles. The molecule has 0 aliphatic heterocycles. The smallest absolute Gasteiger partial charge is 0.240 e. The minimum atomic E-state index is -0.494. The molecule has 116 valence electrons. The highest BCUT2D eigenvalue weighted by Crippen LogP contribution is 2.12. The number of hydrogen-bond acceptors (Lipinski definition) is 2. The Hall–Kier alpha value is -2.13. The third-order valence-electron chi connectivity index (χ3n) is 3.93. The first kappa shape index (κ1) is 16.2. The van der Waals surface area contributed by atoms with Crippen LogP contribution in [-0.2, 0) is 17.8 Å². The van der Waals surface area contributed by atoms with Crippen molar-refractivity contribution in [1.82, 2.24) is 4.90 Å². The molecule has 1 unspecified atom stereocenters. The second-order valence-corrected chi connectivity index (χ2v) is 5.58. The standard InChI is InChI=1S/C19H24N2O/c1-3-21(14-17-12-8-7-9-15(17)2)19(22)18(20)13-16-10-5-4-6-11-16/h4-12,18H,3,13-14,20H2,1-2H3. The Bertz CT molecular complexity index is 610. The number of nitrogens with zero attached hydrogens (tertiary/aromatic N) is 1. The average molecular weight is 296 g/mol. The summed E-state index contributed by atoms with van der Waals surface area (Å²) in [4.78, 5) is 14.4. The van der Waals surface area contributed by atoms with Crippen LogP contribution in [0.25, 0.3) is 0 Å². The van der Waals surface area contributed by atoms with Crippen molar-refractivity contribution >= 4 is 5.91 Å². The minimum absolute atomic E-state index is 0.00889. The van der Waals surface area contributed by atoms with Crippen molar-refractivity contribution in [3.8, 4) is 0 Å². The minimum Gasteiger partial charge on any atom is -0.337 e. The van der Waals surface area contributed by atoms with Crippen LogP contribution in [-0.4, -0.2) is 23.4 Å². The molecule has 1 atom stereocenters. The normalized spacial score (nSPS) is 12.0. The quantitative estimate of drug-likeness (QED) is 0.891. The predicted molar refractivity (Wildman–Crippen MR) is 90.4 cm³/mol. The van der Waals surface area contributed by atoms with E-state index in [1.807, 2.05) is 54.3 Å². The zero-order valence-corrected chi connectivity index (χ0v) is 13.3. The van der Waals surface area contributed by atoms with Gasteiger partial charge in [-0.15, -0.1) is 0 Å². The molecule has 3 heteroatoms. The Morgan fingerprint density at radius 2 is 1.73 bits per heavy atom. The van der Waals surface area contributed by atoms with Crippen molar-refractivity contribution in [2.24, 2.45) is 5.73 Å². The number of aryl methyl sites for hydroxylation is 1. The first-order valence-corrected chi connectivity index (χ1v) is 7.74. The Balaban J connectivity index is 2.03. The monoisotopic (exact) mass is 296 g/mol. The highest BCUT2D eigenvalue weighted by molar-refractivity contribution is 5.82. The Kier molecular flexibility index (Phi) is 5.73. The third-order valence-corrected chi connectivity index (χ3v) is 3.93. The van der Waals surface area contributed by atoms with Crippen molar-refractivity contribution in [2.75, 3.05) is 6.54 Å². The highest BCUT2D eigenvalue weighted by Gasteiger charge is 2.20. The Labute approximate surface area is 132 Å². The number of carbonyl (C=O) groups is 1. The molecule has 2 rings (SSSR count). The zero-order chi connectivity index (χ0) is 15.9. The second-order valence-electron chi connectivity index (χ2n) is 5.58. The topological polar surface area (TPSA) is 46.3 Å². The van der Waals surface area contributed by atoms with Crippen LogP contribution in [0.1, 0.15) is 23.6 Å².